The summed E-state index contributed by atoms with van der Waals surface area (Å²) in [5.74, 6) is 0.769. The highest BCUT2D eigenvalue weighted by Gasteiger charge is 2.43. The molecule has 3 nitrogen and oxygen atoms in total. The fourth-order valence-electron chi connectivity index (χ4n) is 5.65. The first kappa shape index (κ1) is 24.3. The summed E-state index contributed by atoms with van der Waals surface area (Å²) in [6, 6.07) is 8.75. The van der Waals surface area contributed by atoms with Gasteiger partial charge in [-0.25, -0.2) is 0 Å². The number of ether oxygens (including phenoxy) is 1. The van der Waals surface area contributed by atoms with Gasteiger partial charge < -0.3 is 9.84 Å². The van der Waals surface area contributed by atoms with Crippen LogP contribution in [0.1, 0.15) is 101 Å². The average molecular weight is 447 g/mol. The molecule has 4 atom stereocenters. The molecule has 2 fully saturated rings. The van der Waals surface area contributed by atoms with Gasteiger partial charge in [0, 0.05) is 17.2 Å². The smallest absolute Gasteiger partial charge is 0.305 e. The van der Waals surface area contributed by atoms with E-state index >= 15 is 0 Å². The van der Waals surface area contributed by atoms with Gasteiger partial charge in [0.25, 0.3) is 0 Å². The van der Waals surface area contributed by atoms with Gasteiger partial charge >= 0.3 is 5.97 Å². The monoisotopic (exact) mass is 446 g/mol. The van der Waals surface area contributed by atoms with Gasteiger partial charge in [0.2, 0.25) is 0 Å². The minimum absolute atomic E-state index is 0.103. The molecule has 0 bridgehead atoms. The van der Waals surface area contributed by atoms with Crippen LogP contribution in [0.4, 0.5) is 0 Å². The number of allylic oxidation sites excluding steroid dienone is 2. The Morgan fingerprint density at radius 2 is 2.00 bits per heavy atom. The number of carbonyl (C=O) groups is 1. The fraction of sp³-hybridized carbons (Fsp3) is 0.667. The third-order valence-corrected chi connectivity index (χ3v) is 8.19. The largest absolute Gasteiger partial charge is 0.469 e. The first-order valence-electron chi connectivity index (χ1n) is 12.1. The molecule has 172 valence electrons. The normalized spacial score (nSPS) is 26.0. The molecule has 0 spiro atoms. The zero-order valence-electron chi connectivity index (χ0n) is 19.2. The van der Waals surface area contributed by atoms with Crippen molar-refractivity contribution in [2.75, 3.05) is 7.11 Å². The first-order chi connectivity index (χ1) is 15.0. The van der Waals surface area contributed by atoms with Crippen LogP contribution in [-0.4, -0.2) is 23.6 Å². The van der Waals surface area contributed by atoms with Crippen LogP contribution < -0.4 is 0 Å². The van der Waals surface area contributed by atoms with Crippen molar-refractivity contribution < 1.29 is 14.6 Å². The molecule has 1 unspecified atom stereocenters. The standard InChI is InChI=1S/C27H39ClO3/c1-3-17-27(18-8-19-27)26(30)21-13-11-20(12-14-21)22-15-16-24(28)23(22)9-6-4-5-7-10-25(29)31-2/h4,6,11-14,22-24,26,30H,3,5,7-10,15-19H2,1-2H3/b6-4-/t22-,23-,24-,26?/m1/s1. The van der Waals surface area contributed by atoms with Crippen LogP contribution in [-0.2, 0) is 9.53 Å². The maximum atomic E-state index is 11.2. The SMILES string of the molecule is CCCC1(C(O)c2ccc([C@H]3CC[C@@H](Cl)[C@@H]3C/C=C\CCCC(=O)OC)cc2)CCC1. The van der Waals surface area contributed by atoms with Crippen molar-refractivity contribution in [3.05, 3.63) is 47.5 Å². The number of halogens is 1. The van der Waals surface area contributed by atoms with E-state index in [1.807, 2.05) is 0 Å². The third-order valence-electron chi connectivity index (χ3n) is 7.65. The van der Waals surface area contributed by atoms with Gasteiger partial charge in [-0.1, -0.05) is 56.2 Å². The third kappa shape index (κ3) is 5.93. The highest BCUT2D eigenvalue weighted by Crippen LogP contribution is 2.53. The predicted molar refractivity (Wildman–Crippen MR) is 127 cm³/mol. The van der Waals surface area contributed by atoms with Crippen molar-refractivity contribution in [2.45, 2.75) is 95.0 Å². The minimum atomic E-state index is -0.344. The highest BCUT2D eigenvalue weighted by atomic mass is 35.5. The van der Waals surface area contributed by atoms with E-state index in [-0.39, 0.29) is 22.9 Å². The van der Waals surface area contributed by atoms with Crippen LogP contribution in [0, 0.1) is 11.3 Å². The van der Waals surface area contributed by atoms with Crippen molar-refractivity contribution in [3.63, 3.8) is 0 Å². The van der Waals surface area contributed by atoms with Crippen LogP contribution >= 0.6 is 11.6 Å². The van der Waals surface area contributed by atoms with Crippen molar-refractivity contribution in [1.82, 2.24) is 0 Å². The van der Waals surface area contributed by atoms with Crippen LogP contribution in [0.25, 0.3) is 0 Å². The van der Waals surface area contributed by atoms with Gasteiger partial charge in [-0.15, -0.1) is 11.6 Å². The Morgan fingerprint density at radius 1 is 1.26 bits per heavy atom. The van der Waals surface area contributed by atoms with Gasteiger partial charge in [0.15, 0.2) is 0 Å². The quantitative estimate of drug-likeness (QED) is 0.171. The number of rotatable bonds is 11. The van der Waals surface area contributed by atoms with Crippen LogP contribution in [0.15, 0.2) is 36.4 Å². The number of benzene rings is 1. The minimum Gasteiger partial charge on any atom is -0.469 e. The Labute approximate surface area is 193 Å². The number of unbranched alkanes of at least 4 members (excludes halogenated alkanes) is 1. The van der Waals surface area contributed by atoms with Gasteiger partial charge in [0.05, 0.1) is 13.2 Å². The number of alkyl halides is 1. The predicted octanol–water partition coefficient (Wildman–Crippen LogP) is 7.08. The molecule has 2 aliphatic rings. The van der Waals surface area contributed by atoms with E-state index in [0.29, 0.717) is 18.3 Å². The number of carbonyl (C=O) groups excluding carboxylic acids is 1. The van der Waals surface area contributed by atoms with Gasteiger partial charge in [-0.3, -0.25) is 4.79 Å². The lowest BCUT2D eigenvalue weighted by Gasteiger charge is -2.46. The Morgan fingerprint density at radius 3 is 2.61 bits per heavy atom. The molecule has 1 aromatic carbocycles. The molecule has 31 heavy (non-hydrogen) atoms. The molecule has 2 saturated carbocycles. The van der Waals surface area contributed by atoms with Crippen LogP contribution in [0.5, 0.6) is 0 Å². The van der Waals surface area contributed by atoms with E-state index in [4.69, 9.17) is 11.6 Å². The Kier molecular flexibility index (Phi) is 9.04. The zero-order valence-corrected chi connectivity index (χ0v) is 19.9. The Balaban J connectivity index is 1.57. The average Bonchev–Trinajstić information content (AvgIpc) is 3.12. The van der Waals surface area contributed by atoms with Gasteiger partial charge in [0.1, 0.15) is 0 Å². The van der Waals surface area contributed by atoms with E-state index in [0.717, 1.165) is 63.4 Å². The summed E-state index contributed by atoms with van der Waals surface area (Å²) in [4.78, 5) is 11.2. The Hall–Kier alpha value is -1.32. The second kappa shape index (κ2) is 11.5. The highest BCUT2D eigenvalue weighted by molar-refractivity contribution is 6.21. The first-order valence-corrected chi connectivity index (χ1v) is 12.6. The second-order valence-corrected chi connectivity index (χ2v) is 10.1. The summed E-state index contributed by atoms with van der Waals surface area (Å²) in [6.07, 6.45) is 15.2. The van der Waals surface area contributed by atoms with Crippen molar-refractivity contribution in [2.24, 2.45) is 11.3 Å². The molecule has 0 amide bonds. The van der Waals surface area contributed by atoms with Crippen molar-refractivity contribution in [3.8, 4) is 0 Å². The molecule has 0 aliphatic heterocycles. The summed E-state index contributed by atoms with van der Waals surface area (Å²) < 4.78 is 4.68. The number of methoxy groups -OCH3 is 1. The lowest BCUT2D eigenvalue weighted by molar-refractivity contribution is -0.140. The van der Waals surface area contributed by atoms with E-state index in [1.165, 1.54) is 19.1 Å². The summed E-state index contributed by atoms with van der Waals surface area (Å²) in [5, 5.41) is 11.3. The van der Waals surface area contributed by atoms with Crippen molar-refractivity contribution >= 4 is 17.6 Å². The maximum Gasteiger partial charge on any atom is 0.305 e. The molecule has 4 heteroatoms. The maximum absolute atomic E-state index is 11.2. The van der Waals surface area contributed by atoms with Crippen LogP contribution in [0.3, 0.4) is 0 Å². The summed E-state index contributed by atoms with van der Waals surface area (Å²) in [7, 11) is 1.43. The summed E-state index contributed by atoms with van der Waals surface area (Å²) in [6.45, 7) is 2.21. The van der Waals surface area contributed by atoms with Crippen molar-refractivity contribution in [1.29, 1.82) is 0 Å². The molecule has 1 N–H and O–H groups in total. The molecule has 0 saturated heterocycles. The van der Waals surface area contributed by atoms with E-state index < -0.39 is 0 Å². The van der Waals surface area contributed by atoms with E-state index in [1.54, 1.807) is 0 Å². The number of hydrogen-bond acceptors (Lipinski definition) is 3. The lowest BCUT2D eigenvalue weighted by atomic mass is 9.61. The molecule has 0 aromatic heterocycles. The van der Waals surface area contributed by atoms with E-state index in [9.17, 15) is 9.90 Å². The molecule has 0 radical (unpaired) electrons. The molecule has 0 heterocycles. The number of esters is 1. The zero-order chi connectivity index (χ0) is 22.3. The topological polar surface area (TPSA) is 46.5 Å². The molecular weight excluding hydrogens is 408 g/mol. The number of aliphatic hydroxyl groups is 1. The van der Waals surface area contributed by atoms with Gasteiger partial charge in [-0.05, 0) is 74.3 Å². The second-order valence-electron chi connectivity index (χ2n) is 9.57. The number of aliphatic hydroxyl groups excluding tert-OH is 1. The van der Waals surface area contributed by atoms with Crippen LogP contribution in [0.2, 0.25) is 0 Å². The fourth-order valence-corrected chi connectivity index (χ4v) is 6.05. The molecule has 1 aromatic rings. The summed E-state index contributed by atoms with van der Waals surface area (Å²) >= 11 is 6.69. The Bertz CT molecular complexity index is 723. The van der Waals surface area contributed by atoms with Gasteiger partial charge in [-0.2, -0.15) is 0 Å². The molecular formula is C27H39ClO3. The summed E-state index contributed by atoms with van der Waals surface area (Å²) in [5.41, 5.74) is 2.52. The molecule has 2 aliphatic carbocycles. The van der Waals surface area contributed by atoms with E-state index in [2.05, 4.69) is 48.1 Å². The number of hydrogen-bond donors (Lipinski definition) is 1. The lowest BCUT2D eigenvalue weighted by Crippen LogP contribution is -2.36. The molecule has 3 rings (SSSR count).